The largest absolute Gasteiger partial charge is 0.279 e. The molecule has 2 aromatic rings. The molecule has 0 radical (unpaired) electrons. The van der Waals surface area contributed by atoms with Crippen LogP contribution in [0.3, 0.4) is 0 Å². The fourth-order valence-electron chi connectivity index (χ4n) is 2.03. The normalized spacial score (nSPS) is 11.9. The van der Waals surface area contributed by atoms with Gasteiger partial charge in [-0.1, -0.05) is 47.1 Å². The van der Waals surface area contributed by atoms with E-state index in [2.05, 4.69) is 20.7 Å². The maximum Gasteiger partial charge on any atom is 0.279 e. The number of benzene rings is 2. The third-order valence-electron chi connectivity index (χ3n) is 3.34. The summed E-state index contributed by atoms with van der Waals surface area (Å²) in [6.07, 6.45) is 4.03. The van der Waals surface area contributed by atoms with Gasteiger partial charge in [-0.15, -0.1) is 5.10 Å². The number of nitro groups is 2. The predicted octanol–water partition coefficient (Wildman–Crippen LogP) is 4.49. The number of hydrogen-bond donors (Lipinski definition) is 1. The molecule has 0 aliphatic rings. The van der Waals surface area contributed by atoms with Crippen molar-refractivity contribution in [3.05, 3.63) is 77.8 Å². The van der Waals surface area contributed by atoms with Crippen molar-refractivity contribution in [3.8, 4) is 0 Å². The number of nitro benzene ring substituents is 2. The molecule has 2 aromatic carbocycles. The molecule has 0 fully saturated rings. The molecule has 0 spiro atoms. The highest BCUT2D eigenvalue weighted by molar-refractivity contribution is 8.13. The van der Waals surface area contributed by atoms with Crippen LogP contribution >= 0.6 is 35.0 Å². The number of halogens is 2. The lowest BCUT2D eigenvalue weighted by Crippen LogP contribution is -2.13. The van der Waals surface area contributed by atoms with Gasteiger partial charge in [0.05, 0.1) is 43.4 Å². The van der Waals surface area contributed by atoms with Crippen LogP contribution in [0, 0.1) is 20.2 Å². The Morgan fingerprint density at radius 2 is 1.52 bits per heavy atom. The summed E-state index contributed by atoms with van der Waals surface area (Å²) in [7, 11) is 0. The predicted molar refractivity (Wildman–Crippen MR) is 115 cm³/mol. The average Bonchev–Trinajstić information content (AvgIpc) is 2.68. The molecule has 0 unspecified atom stereocenters. The van der Waals surface area contributed by atoms with Gasteiger partial charge in [0.1, 0.15) is 0 Å². The molecule has 0 aliphatic heterocycles. The summed E-state index contributed by atoms with van der Waals surface area (Å²) >= 11 is 13.1. The molecule has 0 atom stereocenters. The van der Waals surface area contributed by atoms with Crippen LogP contribution in [0.15, 0.2) is 51.7 Å². The van der Waals surface area contributed by atoms with E-state index in [1.807, 2.05) is 0 Å². The molecule has 0 amide bonds. The van der Waals surface area contributed by atoms with Gasteiger partial charge < -0.3 is 0 Å². The van der Waals surface area contributed by atoms with E-state index in [4.69, 9.17) is 23.2 Å². The molecular weight excluding hydrogens is 443 g/mol. The number of rotatable bonds is 6. The number of nitrogens with zero attached hydrogens (tertiary/aromatic N) is 5. The van der Waals surface area contributed by atoms with Gasteiger partial charge in [0.25, 0.3) is 11.4 Å². The van der Waals surface area contributed by atoms with Crippen LogP contribution in [0.4, 0.5) is 11.4 Å². The van der Waals surface area contributed by atoms with E-state index >= 15 is 0 Å². The SMILES string of the molecule is CS/C(=N\N=C/c1c(Cl)cccc1[N+](=O)[O-])N/N=C\c1c(Cl)cccc1[N+](=O)[O-]. The first-order chi connectivity index (χ1) is 13.8. The van der Waals surface area contributed by atoms with Crippen molar-refractivity contribution in [1.82, 2.24) is 5.43 Å². The van der Waals surface area contributed by atoms with Crippen LogP contribution < -0.4 is 5.43 Å². The van der Waals surface area contributed by atoms with Crippen LogP contribution in [0.1, 0.15) is 11.1 Å². The summed E-state index contributed by atoms with van der Waals surface area (Å²) < 4.78 is 0. The van der Waals surface area contributed by atoms with Gasteiger partial charge in [0.2, 0.25) is 5.17 Å². The minimum atomic E-state index is -0.578. The standard InChI is InChI=1S/C16H12Cl2N6O4S/c1-29-16(21-19-8-10-12(17)4-2-6-14(10)23(25)26)22-20-9-11-13(18)5-3-7-15(11)24(27)28/h2-9H,1H3,(H,21,22)/b19-8-,20-9-. The quantitative estimate of drug-likeness (QED) is 0.295. The van der Waals surface area contributed by atoms with Crippen LogP contribution in [-0.4, -0.2) is 33.7 Å². The summed E-state index contributed by atoms with van der Waals surface area (Å²) in [4.78, 5) is 21.0. The highest BCUT2D eigenvalue weighted by Crippen LogP contribution is 2.25. The first kappa shape index (κ1) is 22.3. The van der Waals surface area contributed by atoms with E-state index < -0.39 is 9.85 Å². The fraction of sp³-hybridized carbons (Fsp3) is 0.0625. The molecule has 10 nitrogen and oxygen atoms in total. The van der Waals surface area contributed by atoms with E-state index in [0.717, 1.165) is 18.0 Å². The monoisotopic (exact) mass is 454 g/mol. The molecule has 2 rings (SSSR count). The first-order valence-corrected chi connectivity index (χ1v) is 9.63. The van der Waals surface area contributed by atoms with Crippen molar-refractivity contribution in [1.29, 1.82) is 0 Å². The fourth-order valence-corrected chi connectivity index (χ4v) is 2.73. The van der Waals surface area contributed by atoms with Gasteiger partial charge in [-0.05, 0) is 18.4 Å². The Kier molecular flexibility index (Phi) is 8.07. The van der Waals surface area contributed by atoms with Gasteiger partial charge >= 0.3 is 0 Å². The van der Waals surface area contributed by atoms with Crippen LogP contribution in [-0.2, 0) is 0 Å². The van der Waals surface area contributed by atoms with E-state index in [9.17, 15) is 20.2 Å². The van der Waals surface area contributed by atoms with Crippen molar-refractivity contribution in [2.24, 2.45) is 15.3 Å². The number of hydrogen-bond acceptors (Lipinski definition) is 8. The van der Waals surface area contributed by atoms with E-state index in [1.54, 1.807) is 6.26 Å². The number of amidine groups is 1. The first-order valence-electron chi connectivity index (χ1n) is 7.65. The van der Waals surface area contributed by atoms with Crippen molar-refractivity contribution in [3.63, 3.8) is 0 Å². The Balaban J connectivity index is 2.19. The topological polar surface area (TPSA) is 135 Å². The Morgan fingerprint density at radius 3 is 2.00 bits per heavy atom. The van der Waals surface area contributed by atoms with E-state index in [0.29, 0.717) is 0 Å². The zero-order valence-electron chi connectivity index (χ0n) is 14.7. The Morgan fingerprint density at radius 1 is 1.00 bits per heavy atom. The molecule has 150 valence electrons. The average molecular weight is 455 g/mol. The lowest BCUT2D eigenvalue weighted by atomic mass is 10.2. The number of hydrazone groups is 1. The van der Waals surface area contributed by atoms with Gasteiger partial charge in [-0.25, -0.2) is 0 Å². The zero-order valence-corrected chi connectivity index (χ0v) is 17.0. The molecular formula is C16H12Cl2N6O4S. The molecule has 0 saturated carbocycles. The third kappa shape index (κ3) is 5.98. The van der Waals surface area contributed by atoms with Gasteiger partial charge in [0.15, 0.2) is 0 Å². The Bertz CT molecular complexity index is 1030. The zero-order chi connectivity index (χ0) is 21.4. The van der Waals surface area contributed by atoms with Crippen molar-refractivity contribution >= 4 is 63.9 Å². The minimum absolute atomic E-state index is 0.110. The third-order valence-corrected chi connectivity index (χ3v) is 4.55. The van der Waals surface area contributed by atoms with Crippen LogP contribution in [0.5, 0.6) is 0 Å². The highest BCUT2D eigenvalue weighted by atomic mass is 35.5. The number of thioether (sulfide) groups is 1. The van der Waals surface area contributed by atoms with Gasteiger partial charge in [-0.3, -0.25) is 25.7 Å². The molecule has 13 heteroatoms. The summed E-state index contributed by atoms with van der Waals surface area (Å²) in [6, 6.07) is 8.51. The Labute approximate surface area is 178 Å². The molecule has 0 aliphatic carbocycles. The van der Waals surface area contributed by atoms with E-state index in [1.165, 1.54) is 42.6 Å². The van der Waals surface area contributed by atoms with Crippen molar-refractivity contribution in [2.45, 2.75) is 0 Å². The maximum absolute atomic E-state index is 11.1. The van der Waals surface area contributed by atoms with Gasteiger partial charge in [-0.2, -0.15) is 10.2 Å². The maximum atomic E-state index is 11.1. The van der Waals surface area contributed by atoms with Crippen molar-refractivity contribution in [2.75, 3.05) is 6.26 Å². The second-order valence-corrected chi connectivity index (χ2v) is 6.69. The highest BCUT2D eigenvalue weighted by Gasteiger charge is 2.15. The smallest absolute Gasteiger partial charge is 0.258 e. The van der Waals surface area contributed by atoms with Crippen LogP contribution in [0.25, 0.3) is 0 Å². The summed E-state index contributed by atoms with van der Waals surface area (Å²) in [5.74, 6) is 0. The molecule has 1 N–H and O–H groups in total. The summed E-state index contributed by atoms with van der Waals surface area (Å²) in [6.45, 7) is 0. The lowest BCUT2D eigenvalue weighted by molar-refractivity contribution is -0.385. The molecule has 0 aromatic heterocycles. The molecule has 0 heterocycles. The van der Waals surface area contributed by atoms with Gasteiger partial charge in [0, 0.05) is 12.1 Å². The molecule has 29 heavy (non-hydrogen) atoms. The minimum Gasteiger partial charge on any atom is -0.258 e. The summed E-state index contributed by atoms with van der Waals surface area (Å²) in [5.41, 5.74) is 2.40. The summed E-state index contributed by atoms with van der Waals surface area (Å²) in [5, 5.41) is 34.2. The van der Waals surface area contributed by atoms with E-state index in [-0.39, 0.29) is 37.7 Å². The number of nitrogens with one attached hydrogen (secondary N) is 1. The second kappa shape index (κ2) is 10.5. The lowest BCUT2D eigenvalue weighted by Gasteiger charge is -2.01. The Hall–Kier alpha value is -3.02. The van der Waals surface area contributed by atoms with Crippen molar-refractivity contribution < 1.29 is 9.85 Å². The molecule has 0 bridgehead atoms. The molecule has 0 saturated heterocycles. The van der Waals surface area contributed by atoms with Crippen LogP contribution in [0.2, 0.25) is 10.0 Å². The second-order valence-electron chi connectivity index (χ2n) is 5.08.